The van der Waals surface area contributed by atoms with E-state index in [1.54, 1.807) is 0 Å². The first kappa shape index (κ1) is 12.5. The van der Waals surface area contributed by atoms with Gasteiger partial charge in [-0.2, -0.15) is 0 Å². The Bertz CT molecular complexity index is 911. The van der Waals surface area contributed by atoms with Crippen LogP contribution in [-0.2, 0) is 0 Å². The summed E-state index contributed by atoms with van der Waals surface area (Å²) < 4.78 is 2.09. The largest absolute Gasteiger partial charge is 0.252 e. The van der Waals surface area contributed by atoms with E-state index in [9.17, 15) is 0 Å². The van der Waals surface area contributed by atoms with Crippen LogP contribution >= 0.6 is 31.9 Å². The molecule has 0 atom stereocenters. The lowest BCUT2D eigenvalue weighted by Gasteiger charge is -2.14. The first-order chi connectivity index (χ1) is 9.54. The van der Waals surface area contributed by atoms with Gasteiger partial charge in [0.2, 0.25) is 0 Å². The molecule has 0 saturated carbocycles. The molecule has 2 nitrogen and oxygen atoms in total. The van der Waals surface area contributed by atoms with Crippen molar-refractivity contribution < 1.29 is 0 Å². The summed E-state index contributed by atoms with van der Waals surface area (Å²) >= 11 is 7.14. The maximum atomic E-state index is 4.77. The number of benzene rings is 2. The van der Waals surface area contributed by atoms with Gasteiger partial charge in [0.05, 0.1) is 11.0 Å². The zero-order valence-electron chi connectivity index (χ0n) is 11.0. The van der Waals surface area contributed by atoms with Gasteiger partial charge < -0.3 is 0 Å². The Morgan fingerprint density at radius 3 is 1.50 bits per heavy atom. The lowest BCUT2D eigenvalue weighted by atomic mass is 9.98. The second-order valence-electron chi connectivity index (χ2n) is 5.09. The van der Waals surface area contributed by atoms with Gasteiger partial charge in [-0.3, -0.25) is 9.97 Å². The first-order valence-corrected chi connectivity index (χ1v) is 7.92. The SMILES string of the molecule is Cc1nc2cc(Br)cc3c(C)nc4cc(Br)cc1c4c23. The highest BCUT2D eigenvalue weighted by Gasteiger charge is 2.15. The average molecular weight is 390 g/mol. The molecule has 0 aliphatic rings. The van der Waals surface area contributed by atoms with Gasteiger partial charge in [-0.15, -0.1) is 0 Å². The minimum atomic E-state index is 1.03. The number of halogens is 2. The van der Waals surface area contributed by atoms with Gasteiger partial charge in [0, 0.05) is 41.9 Å². The van der Waals surface area contributed by atoms with Crippen LogP contribution in [0.2, 0.25) is 0 Å². The highest BCUT2D eigenvalue weighted by molar-refractivity contribution is 9.10. The number of rotatable bonds is 0. The van der Waals surface area contributed by atoms with E-state index in [2.05, 4.69) is 70.0 Å². The van der Waals surface area contributed by atoms with Gasteiger partial charge in [-0.1, -0.05) is 31.9 Å². The number of nitrogens with zero attached hydrogens (tertiary/aromatic N) is 2. The van der Waals surface area contributed by atoms with Crippen LogP contribution in [0, 0.1) is 13.8 Å². The molecule has 20 heavy (non-hydrogen) atoms. The molecule has 0 amide bonds. The van der Waals surface area contributed by atoms with Crippen LogP contribution in [0.4, 0.5) is 0 Å². The molecule has 0 aliphatic heterocycles. The van der Waals surface area contributed by atoms with Gasteiger partial charge in [0.15, 0.2) is 0 Å². The quantitative estimate of drug-likeness (QED) is 0.370. The van der Waals surface area contributed by atoms with Crippen molar-refractivity contribution in [1.29, 1.82) is 0 Å². The molecule has 4 rings (SSSR count). The summed E-state index contributed by atoms with van der Waals surface area (Å²) in [6, 6.07) is 8.41. The van der Waals surface area contributed by atoms with Crippen molar-refractivity contribution in [3.63, 3.8) is 0 Å². The second kappa shape index (κ2) is 4.12. The fourth-order valence-electron chi connectivity index (χ4n) is 2.94. The monoisotopic (exact) mass is 388 g/mol. The molecule has 0 aliphatic carbocycles. The zero-order chi connectivity index (χ0) is 14.0. The summed E-state index contributed by atoms with van der Waals surface area (Å²) in [5.74, 6) is 0. The molecule has 0 fully saturated rings. The summed E-state index contributed by atoms with van der Waals surface area (Å²) in [5, 5.41) is 4.76. The highest BCUT2D eigenvalue weighted by atomic mass is 79.9. The topological polar surface area (TPSA) is 25.8 Å². The summed E-state index contributed by atoms with van der Waals surface area (Å²) in [6.45, 7) is 4.10. The van der Waals surface area contributed by atoms with Gasteiger partial charge in [0.25, 0.3) is 0 Å². The van der Waals surface area contributed by atoms with Gasteiger partial charge in [0.1, 0.15) is 0 Å². The van der Waals surface area contributed by atoms with Crippen LogP contribution in [0.15, 0.2) is 33.2 Å². The highest BCUT2D eigenvalue weighted by Crippen LogP contribution is 2.38. The molecule has 4 aromatic rings. The second-order valence-corrected chi connectivity index (χ2v) is 6.92. The van der Waals surface area contributed by atoms with E-state index in [0.717, 1.165) is 31.4 Å². The van der Waals surface area contributed by atoms with Crippen molar-refractivity contribution in [3.8, 4) is 0 Å². The van der Waals surface area contributed by atoms with Crippen LogP contribution in [0.1, 0.15) is 11.4 Å². The van der Waals surface area contributed by atoms with Gasteiger partial charge in [-0.05, 0) is 38.1 Å². The van der Waals surface area contributed by atoms with Crippen LogP contribution in [0.5, 0.6) is 0 Å². The van der Waals surface area contributed by atoms with Crippen molar-refractivity contribution >= 4 is 64.4 Å². The van der Waals surface area contributed by atoms with Crippen LogP contribution < -0.4 is 0 Å². The summed E-state index contributed by atoms with van der Waals surface area (Å²) in [6.07, 6.45) is 0. The van der Waals surface area contributed by atoms with Crippen LogP contribution in [-0.4, -0.2) is 9.97 Å². The average Bonchev–Trinajstić information content (AvgIpc) is 2.37. The van der Waals surface area contributed by atoms with E-state index in [0.29, 0.717) is 0 Å². The van der Waals surface area contributed by atoms with Crippen molar-refractivity contribution in [2.75, 3.05) is 0 Å². The molecule has 2 heterocycles. The molecular weight excluding hydrogens is 380 g/mol. The lowest BCUT2D eigenvalue weighted by Crippen LogP contribution is -1.95. The standard InChI is InChI=1S/C16H10Br2N2/c1-7-11-3-9(17)6-14-15(11)16-12(8(2)20-14)4-10(18)5-13(16)19-7/h3-6H,1-2H3. The molecule has 0 N–H and O–H groups in total. The molecule has 2 aromatic heterocycles. The number of hydrogen-bond acceptors (Lipinski definition) is 2. The number of aromatic nitrogens is 2. The Kier molecular flexibility index (Phi) is 2.57. The van der Waals surface area contributed by atoms with Crippen molar-refractivity contribution in [2.24, 2.45) is 0 Å². The smallest absolute Gasteiger partial charge is 0.0730 e. The first-order valence-electron chi connectivity index (χ1n) is 6.33. The molecule has 0 unspecified atom stereocenters. The molecular formula is C16H10Br2N2. The number of hydrogen-bond donors (Lipinski definition) is 0. The number of aryl methyl sites for hydroxylation is 2. The fourth-order valence-corrected chi connectivity index (χ4v) is 3.83. The van der Waals surface area contributed by atoms with E-state index < -0.39 is 0 Å². The molecule has 98 valence electrons. The predicted octanol–water partition coefficient (Wildman–Crippen LogP) is 5.52. The van der Waals surface area contributed by atoms with Crippen LogP contribution in [0.3, 0.4) is 0 Å². The van der Waals surface area contributed by atoms with E-state index in [-0.39, 0.29) is 0 Å². The van der Waals surface area contributed by atoms with E-state index in [1.165, 1.54) is 21.5 Å². The minimum absolute atomic E-state index is 1.03. The molecule has 2 aromatic carbocycles. The molecule has 0 saturated heterocycles. The predicted molar refractivity (Wildman–Crippen MR) is 90.6 cm³/mol. The normalized spacial score (nSPS) is 12.0. The Balaban J connectivity index is 2.45. The summed E-state index contributed by atoms with van der Waals surface area (Å²) in [5.41, 5.74) is 4.12. The minimum Gasteiger partial charge on any atom is -0.252 e. The Hall–Kier alpha value is -1.26. The lowest BCUT2D eigenvalue weighted by molar-refractivity contribution is 1.26. The van der Waals surface area contributed by atoms with Gasteiger partial charge in [-0.25, -0.2) is 0 Å². The molecule has 0 bridgehead atoms. The Morgan fingerprint density at radius 1 is 0.700 bits per heavy atom. The molecule has 0 spiro atoms. The van der Waals surface area contributed by atoms with Gasteiger partial charge >= 0.3 is 0 Å². The van der Waals surface area contributed by atoms with E-state index in [4.69, 9.17) is 9.97 Å². The Morgan fingerprint density at radius 2 is 1.10 bits per heavy atom. The summed E-state index contributed by atoms with van der Waals surface area (Å²) in [7, 11) is 0. The molecule has 0 radical (unpaired) electrons. The van der Waals surface area contributed by atoms with Crippen molar-refractivity contribution in [3.05, 3.63) is 44.6 Å². The van der Waals surface area contributed by atoms with Crippen LogP contribution in [0.25, 0.3) is 32.6 Å². The van der Waals surface area contributed by atoms with E-state index in [1.807, 2.05) is 0 Å². The third-order valence-electron chi connectivity index (χ3n) is 3.77. The maximum Gasteiger partial charge on any atom is 0.0730 e. The van der Waals surface area contributed by atoms with E-state index >= 15 is 0 Å². The molecule has 4 heteroatoms. The Labute approximate surface area is 132 Å². The van der Waals surface area contributed by atoms with Crippen molar-refractivity contribution in [2.45, 2.75) is 13.8 Å². The maximum absolute atomic E-state index is 4.77. The third kappa shape index (κ3) is 1.61. The number of pyridine rings is 2. The fraction of sp³-hybridized carbons (Fsp3) is 0.125. The van der Waals surface area contributed by atoms with Crippen molar-refractivity contribution in [1.82, 2.24) is 9.97 Å². The zero-order valence-corrected chi connectivity index (χ0v) is 14.1. The third-order valence-corrected chi connectivity index (χ3v) is 4.69. The summed E-state index contributed by atoms with van der Waals surface area (Å²) in [4.78, 5) is 9.54.